The number of thiazole rings is 1. The predicted octanol–water partition coefficient (Wildman–Crippen LogP) is 3.33. The summed E-state index contributed by atoms with van der Waals surface area (Å²) in [6, 6.07) is 1.87. The summed E-state index contributed by atoms with van der Waals surface area (Å²) in [6.07, 6.45) is 1.76. The standard InChI is InChI=1S/C13H18N4S/c1-5-14-10-6-7-15-11(17-10)9-8-18-12(16-9)13(2,3)4/h6-8H,5H2,1-4H3,(H,14,15,17). The van der Waals surface area contributed by atoms with Crippen molar-refractivity contribution in [2.75, 3.05) is 11.9 Å². The molecule has 2 aromatic rings. The fourth-order valence-electron chi connectivity index (χ4n) is 1.48. The van der Waals surface area contributed by atoms with E-state index in [9.17, 15) is 0 Å². The van der Waals surface area contributed by atoms with Crippen LogP contribution < -0.4 is 5.32 Å². The molecule has 2 aromatic heterocycles. The first-order chi connectivity index (χ1) is 8.50. The Morgan fingerprint density at radius 3 is 2.67 bits per heavy atom. The van der Waals surface area contributed by atoms with E-state index in [4.69, 9.17) is 0 Å². The van der Waals surface area contributed by atoms with E-state index < -0.39 is 0 Å². The second-order valence-electron chi connectivity index (χ2n) is 5.08. The normalized spacial score (nSPS) is 11.6. The van der Waals surface area contributed by atoms with Gasteiger partial charge in [-0.1, -0.05) is 20.8 Å². The van der Waals surface area contributed by atoms with Gasteiger partial charge in [0, 0.05) is 23.5 Å². The van der Waals surface area contributed by atoms with Crippen molar-refractivity contribution in [2.24, 2.45) is 0 Å². The molecule has 0 spiro atoms. The molecule has 0 unspecified atom stereocenters. The monoisotopic (exact) mass is 262 g/mol. The molecule has 0 atom stereocenters. The first kappa shape index (κ1) is 13.0. The Labute approximate surface area is 112 Å². The number of hydrogen-bond donors (Lipinski definition) is 1. The Balaban J connectivity index is 2.31. The van der Waals surface area contributed by atoms with Gasteiger partial charge in [-0.2, -0.15) is 0 Å². The van der Waals surface area contributed by atoms with E-state index in [0.29, 0.717) is 5.82 Å². The molecule has 4 nitrogen and oxygen atoms in total. The first-order valence-corrected chi connectivity index (χ1v) is 6.92. The molecular weight excluding hydrogens is 244 g/mol. The van der Waals surface area contributed by atoms with Crippen LogP contribution in [0.3, 0.4) is 0 Å². The third kappa shape index (κ3) is 2.85. The van der Waals surface area contributed by atoms with Gasteiger partial charge >= 0.3 is 0 Å². The number of anilines is 1. The van der Waals surface area contributed by atoms with E-state index in [1.165, 1.54) is 0 Å². The third-order valence-electron chi connectivity index (χ3n) is 2.39. The van der Waals surface area contributed by atoms with Gasteiger partial charge in [0.25, 0.3) is 0 Å². The van der Waals surface area contributed by atoms with Crippen LogP contribution in [0.25, 0.3) is 11.5 Å². The maximum absolute atomic E-state index is 4.62. The van der Waals surface area contributed by atoms with E-state index in [1.807, 2.05) is 18.4 Å². The molecule has 0 aliphatic heterocycles. The molecule has 0 bridgehead atoms. The minimum atomic E-state index is 0.0716. The summed E-state index contributed by atoms with van der Waals surface area (Å²) in [7, 11) is 0. The van der Waals surface area contributed by atoms with Crippen molar-refractivity contribution < 1.29 is 0 Å². The molecule has 1 N–H and O–H groups in total. The van der Waals surface area contributed by atoms with Crippen molar-refractivity contribution in [3.63, 3.8) is 0 Å². The molecule has 5 heteroatoms. The maximum atomic E-state index is 4.62. The van der Waals surface area contributed by atoms with Crippen LogP contribution in [0, 0.1) is 0 Å². The fraction of sp³-hybridized carbons (Fsp3) is 0.462. The number of rotatable bonds is 3. The van der Waals surface area contributed by atoms with E-state index in [1.54, 1.807) is 17.5 Å². The lowest BCUT2D eigenvalue weighted by atomic mass is 9.98. The second-order valence-corrected chi connectivity index (χ2v) is 5.94. The van der Waals surface area contributed by atoms with Gasteiger partial charge in [0.1, 0.15) is 11.5 Å². The highest BCUT2D eigenvalue weighted by Gasteiger charge is 2.19. The Kier molecular flexibility index (Phi) is 3.61. The molecule has 0 aliphatic rings. The molecule has 2 rings (SSSR count). The SMILES string of the molecule is CCNc1ccnc(-c2csc(C(C)(C)C)n2)n1. The molecular formula is C13H18N4S. The van der Waals surface area contributed by atoms with Crippen LogP contribution in [0.15, 0.2) is 17.6 Å². The molecule has 0 fully saturated rings. The minimum Gasteiger partial charge on any atom is -0.370 e. The van der Waals surface area contributed by atoms with Crippen LogP contribution in [0.1, 0.15) is 32.7 Å². The molecule has 0 aromatic carbocycles. The smallest absolute Gasteiger partial charge is 0.181 e. The van der Waals surface area contributed by atoms with E-state index in [0.717, 1.165) is 23.1 Å². The summed E-state index contributed by atoms with van der Waals surface area (Å²) in [5.74, 6) is 1.52. The fourth-order valence-corrected chi connectivity index (χ4v) is 2.37. The molecule has 18 heavy (non-hydrogen) atoms. The average molecular weight is 262 g/mol. The zero-order chi connectivity index (χ0) is 13.2. The lowest BCUT2D eigenvalue weighted by Gasteiger charge is -2.13. The maximum Gasteiger partial charge on any atom is 0.181 e. The summed E-state index contributed by atoms with van der Waals surface area (Å²) < 4.78 is 0. The molecule has 0 amide bonds. The molecule has 0 saturated carbocycles. The van der Waals surface area contributed by atoms with Gasteiger partial charge in [0.2, 0.25) is 0 Å². The molecule has 96 valence electrons. The number of hydrogen-bond acceptors (Lipinski definition) is 5. The van der Waals surface area contributed by atoms with Crippen LogP contribution in [-0.2, 0) is 5.41 Å². The zero-order valence-corrected chi connectivity index (χ0v) is 12.0. The van der Waals surface area contributed by atoms with Crippen molar-refractivity contribution in [1.82, 2.24) is 15.0 Å². The lowest BCUT2D eigenvalue weighted by Crippen LogP contribution is -2.10. The number of nitrogens with one attached hydrogen (secondary N) is 1. The van der Waals surface area contributed by atoms with Crippen LogP contribution in [0.4, 0.5) is 5.82 Å². The zero-order valence-electron chi connectivity index (χ0n) is 11.2. The highest BCUT2D eigenvalue weighted by molar-refractivity contribution is 7.10. The molecule has 0 saturated heterocycles. The summed E-state index contributed by atoms with van der Waals surface area (Å²) in [5.41, 5.74) is 0.923. The van der Waals surface area contributed by atoms with Gasteiger partial charge in [-0.3, -0.25) is 0 Å². The first-order valence-electron chi connectivity index (χ1n) is 6.04. The predicted molar refractivity (Wildman–Crippen MR) is 76.0 cm³/mol. The van der Waals surface area contributed by atoms with Crippen LogP contribution in [-0.4, -0.2) is 21.5 Å². The molecule has 0 aliphatic carbocycles. The molecule has 0 radical (unpaired) electrons. The van der Waals surface area contributed by atoms with E-state index in [-0.39, 0.29) is 5.41 Å². The topological polar surface area (TPSA) is 50.7 Å². The van der Waals surface area contributed by atoms with Gasteiger partial charge in [0.15, 0.2) is 5.82 Å². The van der Waals surface area contributed by atoms with Gasteiger partial charge in [-0.15, -0.1) is 11.3 Å². The van der Waals surface area contributed by atoms with E-state index in [2.05, 4.69) is 41.0 Å². The van der Waals surface area contributed by atoms with Crippen LogP contribution in [0.5, 0.6) is 0 Å². The largest absolute Gasteiger partial charge is 0.370 e. The Morgan fingerprint density at radius 1 is 1.28 bits per heavy atom. The van der Waals surface area contributed by atoms with Crippen molar-refractivity contribution in [2.45, 2.75) is 33.1 Å². The third-order valence-corrected chi connectivity index (χ3v) is 3.66. The Hall–Kier alpha value is -1.49. The van der Waals surface area contributed by atoms with Gasteiger partial charge in [-0.05, 0) is 13.0 Å². The van der Waals surface area contributed by atoms with Crippen molar-refractivity contribution >= 4 is 17.2 Å². The van der Waals surface area contributed by atoms with Crippen LogP contribution >= 0.6 is 11.3 Å². The summed E-state index contributed by atoms with van der Waals surface area (Å²) in [6.45, 7) is 9.37. The second kappa shape index (κ2) is 5.02. The highest BCUT2D eigenvalue weighted by atomic mass is 32.1. The van der Waals surface area contributed by atoms with Gasteiger partial charge in [-0.25, -0.2) is 15.0 Å². The lowest BCUT2D eigenvalue weighted by molar-refractivity contribution is 0.586. The number of nitrogens with zero attached hydrogens (tertiary/aromatic N) is 3. The summed E-state index contributed by atoms with van der Waals surface area (Å²) in [5, 5.41) is 6.31. The molecule has 2 heterocycles. The summed E-state index contributed by atoms with van der Waals surface area (Å²) >= 11 is 1.66. The Morgan fingerprint density at radius 2 is 2.06 bits per heavy atom. The number of aromatic nitrogens is 3. The van der Waals surface area contributed by atoms with Crippen molar-refractivity contribution in [3.8, 4) is 11.5 Å². The Bertz CT molecular complexity index is 528. The van der Waals surface area contributed by atoms with E-state index >= 15 is 0 Å². The minimum absolute atomic E-state index is 0.0716. The quantitative estimate of drug-likeness (QED) is 0.921. The summed E-state index contributed by atoms with van der Waals surface area (Å²) in [4.78, 5) is 13.3. The van der Waals surface area contributed by atoms with Crippen molar-refractivity contribution in [3.05, 3.63) is 22.7 Å². The van der Waals surface area contributed by atoms with Crippen LogP contribution in [0.2, 0.25) is 0 Å². The highest BCUT2D eigenvalue weighted by Crippen LogP contribution is 2.28. The van der Waals surface area contributed by atoms with Gasteiger partial charge < -0.3 is 5.32 Å². The average Bonchev–Trinajstić information content (AvgIpc) is 2.78. The van der Waals surface area contributed by atoms with Gasteiger partial charge in [0.05, 0.1) is 5.01 Å². The van der Waals surface area contributed by atoms with Crippen molar-refractivity contribution in [1.29, 1.82) is 0 Å².